The molecule has 0 bridgehead atoms. The number of hydrogen-bond donors (Lipinski definition) is 4. The van der Waals surface area contributed by atoms with Crippen molar-refractivity contribution in [3.63, 3.8) is 0 Å². The maximum atomic E-state index is 10.4. The Morgan fingerprint density at radius 3 is 2.50 bits per heavy atom. The summed E-state index contributed by atoms with van der Waals surface area (Å²) in [6.07, 6.45) is 2.78. The highest BCUT2D eigenvalue weighted by Crippen LogP contribution is 1.97. The highest BCUT2D eigenvalue weighted by molar-refractivity contribution is 5.78. The van der Waals surface area contributed by atoms with E-state index in [1.165, 1.54) is 0 Å². The minimum absolute atomic E-state index is 0.218. The number of aliphatic hydroxyl groups excluding tert-OH is 2. The zero-order valence-corrected chi connectivity index (χ0v) is 8.41. The Balaban J connectivity index is 3.09. The summed E-state index contributed by atoms with van der Waals surface area (Å²) in [5.41, 5.74) is 4.86. The molecular weight excluding hydrogens is 184 g/mol. The van der Waals surface area contributed by atoms with Gasteiger partial charge in [-0.1, -0.05) is 12.8 Å². The van der Waals surface area contributed by atoms with E-state index in [2.05, 4.69) is 5.32 Å². The van der Waals surface area contributed by atoms with Gasteiger partial charge in [-0.05, 0) is 19.4 Å². The Hall–Kier alpha value is -0.650. The van der Waals surface area contributed by atoms with Crippen LogP contribution in [-0.4, -0.2) is 41.9 Å². The molecule has 0 radical (unpaired) electrons. The van der Waals surface area contributed by atoms with Gasteiger partial charge >= 0.3 is 0 Å². The molecule has 5 nitrogen and oxygen atoms in total. The van der Waals surface area contributed by atoms with Gasteiger partial charge < -0.3 is 21.3 Å². The van der Waals surface area contributed by atoms with Gasteiger partial charge in [-0.3, -0.25) is 4.79 Å². The van der Waals surface area contributed by atoms with Crippen molar-refractivity contribution < 1.29 is 15.0 Å². The molecule has 1 unspecified atom stereocenters. The molecule has 0 aliphatic carbocycles. The zero-order valence-electron chi connectivity index (χ0n) is 8.41. The second-order valence-electron chi connectivity index (χ2n) is 3.26. The van der Waals surface area contributed by atoms with Crippen LogP contribution in [0.3, 0.4) is 0 Å². The van der Waals surface area contributed by atoms with Crippen LogP contribution < -0.4 is 11.1 Å². The third kappa shape index (κ3) is 7.97. The fourth-order valence-corrected chi connectivity index (χ4v) is 1.05. The number of amides is 1. The molecular formula is C9H20N2O3. The van der Waals surface area contributed by atoms with Gasteiger partial charge in [0.05, 0.1) is 0 Å². The summed E-state index contributed by atoms with van der Waals surface area (Å²) in [5, 5.41) is 20.4. The van der Waals surface area contributed by atoms with Crippen LogP contribution in [0.25, 0.3) is 0 Å². The van der Waals surface area contributed by atoms with E-state index in [0.717, 1.165) is 32.2 Å². The Kier molecular flexibility index (Phi) is 8.51. The second-order valence-corrected chi connectivity index (χ2v) is 3.26. The first-order valence-electron chi connectivity index (χ1n) is 4.97. The lowest BCUT2D eigenvalue weighted by molar-refractivity contribution is -0.125. The van der Waals surface area contributed by atoms with E-state index in [-0.39, 0.29) is 13.2 Å². The molecule has 0 fully saturated rings. The molecule has 0 aliphatic rings. The maximum Gasteiger partial charge on any atom is 0.247 e. The summed E-state index contributed by atoms with van der Waals surface area (Å²) >= 11 is 0. The number of carbonyl (C=O) groups is 1. The van der Waals surface area contributed by atoms with E-state index in [1.807, 2.05) is 0 Å². The van der Waals surface area contributed by atoms with Crippen molar-refractivity contribution in [1.29, 1.82) is 0 Å². The molecule has 1 atom stereocenters. The molecule has 0 saturated heterocycles. The number of aliphatic hydroxyl groups is 2. The fraction of sp³-hybridized carbons (Fsp3) is 0.889. The van der Waals surface area contributed by atoms with E-state index in [0.29, 0.717) is 0 Å². The molecule has 1 amide bonds. The number of carbonyl (C=O) groups excluding carboxylic acids is 1. The smallest absolute Gasteiger partial charge is 0.247 e. The predicted molar refractivity (Wildman–Crippen MR) is 53.6 cm³/mol. The van der Waals surface area contributed by atoms with Crippen LogP contribution in [0.15, 0.2) is 0 Å². The van der Waals surface area contributed by atoms with Crippen molar-refractivity contribution in [3.8, 4) is 0 Å². The summed E-state index contributed by atoms with van der Waals surface area (Å²) in [4.78, 5) is 10.4. The van der Waals surface area contributed by atoms with Crippen LogP contribution in [0.2, 0.25) is 0 Å². The van der Waals surface area contributed by atoms with Crippen LogP contribution in [0.1, 0.15) is 25.7 Å². The van der Waals surface area contributed by atoms with Crippen molar-refractivity contribution in [2.45, 2.75) is 31.8 Å². The number of rotatable bonds is 9. The van der Waals surface area contributed by atoms with Crippen LogP contribution >= 0.6 is 0 Å². The highest BCUT2D eigenvalue weighted by Gasteiger charge is 2.08. The average molecular weight is 204 g/mol. The summed E-state index contributed by atoms with van der Waals surface area (Å²) in [7, 11) is 0. The third-order valence-corrected chi connectivity index (χ3v) is 1.93. The van der Waals surface area contributed by atoms with Crippen LogP contribution in [-0.2, 0) is 4.79 Å². The van der Waals surface area contributed by atoms with E-state index < -0.39 is 12.0 Å². The van der Waals surface area contributed by atoms with E-state index in [4.69, 9.17) is 15.9 Å². The molecule has 0 aromatic rings. The Morgan fingerprint density at radius 1 is 1.29 bits per heavy atom. The number of nitrogens with one attached hydrogen (secondary N) is 1. The van der Waals surface area contributed by atoms with Gasteiger partial charge in [-0.15, -0.1) is 0 Å². The molecule has 5 heteroatoms. The summed E-state index contributed by atoms with van der Waals surface area (Å²) < 4.78 is 0. The largest absolute Gasteiger partial charge is 0.396 e. The van der Waals surface area contributed by atoms with Gasteiger partial charge in [0.2, 0.25) is 5.91 Å². The van der Waals surface area contributed by atoms with Crippen molar-refractivity contribution >= 4 is 5.91 Å². The zero-order chi connectivity index (χ0) is 10.8. The van der Waals surface area contributed by atoms with Gasteiger partial charge in [0.1, 0.15) is 6.10 Å². The molecule has 0 aromatic heterocycles. The SMILES string of the molecule is NC(=O)C(O)CNCCCCCCO. The monoisotopic (exact) mass is 204 g/mol. The average Bonchev–Trinajstić information content (AvgIpc) is 2.16. The molecule has 0 aliphatic heterocycles. The lowest BCUT2D eigenvalue weighted by Gasteiger charge is -2.07. The first-order chi connectivity index (χ1) is 6.68. The highest BCUT2D eigenvalue weighted by atomic mass is 16.3. The molecule has 0 saturated carbocycles. The van der Waals surface area contributed by atoms with Crippen LogP contribution in [0.5, 0.6) is 0 Å². The Labute approximate surface area is 84.3 Å². The molecule has 5 N–H and O–H groups in total. The van der Waals surface area contributed by atoms with Crippen LogP contribution in [0, 0.1) is 0 Å². The van der Waals surface area contributed by atoms with Crippen molar-refractivity contribution in [3.05, 3.63) is 0 Å². The third-order valence-electron chi connectivity index (χ3n) is 1.93. The number of unbranched alkanes of at least 4 members (excludes halogenated alkanes) is 3. The summed E-state index contributed by atoms with van der Waals surface area (Å²) in [5.74, 6) is -0.696. The number of primary amides is 1. The minimum atomic E-state index is -1.09. The Morgan fingerprint density at radius 2 is 1.93 bits per heavy atom. The lowest BCUT2D eigenvalue weighted by Crippen LogP contribution is -2.37. The molecule has 0 rings (SSSR count). The second kappa shape index (κ2) is 8.93. The molecule has 14 heavy (non-hydrogen) atoms. The minimum Gasteiger partial charge on any atom is -0.396 e. The molecule has 84 valence electrons. The molecule has 0 heterocycles. The predicted octanol–water partition coefficient (Wildman–Crippen LogP) is -1.03. The van der Waals surface area contributed by atoms with Gasteiger partial charge in [0.25, 0.3) is 0 Å². The Bertz CT molecular complexity index is 153. The number of nitrogens with two attached hydrogens (primary N) is 1. The summed E-state index contributed by atoms with van der Waals surface area (Å²) in [6, 6.07) is 0. The van der Waals surface area contributed by atoms with Gasteiger partial charge in [-0.2, -0.15) is 0 Å². The standard InChI is InChI=1S/C9H20N2O3/c10-9(14)8(13)7-11-5-3-1-2-4-6-12/h8,11-13H,1-7H2,(H2,10,14). The normalized spacial score (nSPS) is 12.7. The van der Waals surface area contributed by atoms with E-state index in [1.54, 1.807) is 0 Å². The lowest BCUT2D eigenvalue weighted by atomic mass is 10.2. The van der Waals surface area contributed by atoms with Gasteiger partial charge in [0, 0.05) is 13.2 Å². The van der Waals surface area contributed by atoms with Gasteiger partial charge in [0.15, 0.2) is 0 Å². The first kappa shape index (κ1) is 13.4. The fourth-order valence-electron chi connectivity index (χ4n) is 1.05. The van der Waals surface area contributed by atoms with Crippen molar-refractivity contribution in [1.82, 2.24) is 5.32 Å². The topological polar surface area (TPSA) is 95.6 Å². The molecule has 0 aromatic carbocycles. The van der Waals surface area contributed by atoms with Gasteiger partial charge in [-0.25, -0.2) is 0 Å². The van der Waals surface area contributed by atoms with E-state index in [9.17, 15) is 4.79 Å². The van der Waals surface area contributed by atoms with E-state index >= 15 is 0 Å². The summed E-state index contributed by atoms with van der Waals surface area (Å²) in [6.45, 7) is 1.22. The maximum absolute atomic E-state index is 10.4. The van der Waals surface area contributed by atoms with Crippen molar-refractivity contribution in [2.75, 3.05) is 19.7 Å². The van der Waals surface area contributed by atoms with Crippen molar-refractivity contribution in [2.24, 2.45) is 5.73 Å². The quantitative estimate of drug-likeness (QED) is 0.361. The van der Waals surface area contributed by atoms with Crippen LogP contribution in [0.4, 0.5) is 0 Å². The first-order valence-corrected chi connectivity index (χ1v) is 4.97. The number of hydrogen-bond acceptors (Lipinski definition) is 4. The molecule has 0 spiro atoms.